The summed E-state index contributed by atoms with van der Waals surface area (Å²) in [4.78, 5) is 0. The summed E-state index contributed by atoms with van der Waals surface area (Å²) in [7, 11) is 2.05. The van der Waals surface area contributed by atoms with Crippen molar-refractivity contribution in [2.45, 2.75) is 63.2 Å². The third-order valence-corrected chi connectivity index (χ3v) is 6.53. The molecular weight excluding hydrogens is 242 g/mol. The van der Waals surface area contributed by atoms with Gasteiger partial charge in [0.05, 0.1) is 0 Å². The Balaban J connectivity index is 1.88. The van der Waals surface area contributed by atoms with E-state index in [1.54, 1.807) is 11.1 Å². The van der Waals surface area contributed by atoms with Crippen molar-refractivity contribution in [3.63, 3.8) is 0 Å². The van der Waals surface area contributed by atoms with E-state index in [-0.39, 0.29) is 0 Å². The van der Waals surface area contributed by atoms with Gasteiger partial charge in [-0.3, -0.25) is 0 Å². The monoisotopic (exact) mass is 269 g/mol. The molecule has 1 nitrogen and oxygen atoms in total. The maximum Gasteiger partial charge on any atom is 0.0340 e. The number of fused-ring (bicyclic) bond motifs is 1. The lowest BCUT2D eigenvalue weighted by atomic mass is 9.53. The molecule has 3 aliphatic rings. The first kappa shape index (κ1) is 12.7. The molecule has 2 bridgehead atoms. The molecule has 0 amide bonds. The van der Waals surface area contributed by atoms with Crippen molar-refractivity contribution in [3.8, 4) is 0 Å². The second kappa shape index (κ2) is 4.79. The molecule has 3 aliphatic carbocycles. The molecule has 1 aromatic carbocycles. The molecule has 2 saturated carbocycles. The minimum Gasteiger partial charge on any atom is -0.388 e. The van der Waals surface area contributed by atoms with E-state index >= 15 is 0 Å². The zero-order valence-electron chi connectivity index (χ0n) is 12.8. The Labute approximate surface area is 123 Å². The van der Waals surface area contributed by atoms with Crippen molar-refractivity contribution in [3.05, 3.63) is 29.3 Å². The van der Waals surface area contributed by atoms with Gasteiger partial charge >= 0.3 is 0 Å². The van der Waals surface area contributed by atoms with Gasteiger partial charge in [0.2, 0.25) is 0 Å². The minimum atomic E-state index is 0.542. The van der Waals surface area contributed by atoms with Gasteiger partial charge in [-0.15, -0.1) is 0 Å². The summed E-state index contributed by atoms with van der Waals surface area (Å²) < 4.78 is 0. The Morgan fingerprint density at radius 2 is 1.85 bits per heavy atom. The highest BCUT2D eigenvalue weighted by Crippen LogP contribution is 2.57. The first-order chi connectivity index (χ1) is 9.83. The van der Waals surface area contributed by atoms with Crippen LogP contribution in [0.25, 0.3) is 0 Å². The zero-order chi connectivity index (χ0) is 13.6. The molecule has 0 heterocycles. The van der Waals surface area contributed by atoms with E-state index in [1.807, 2.05) is 0 Å². The Morgan fingerprint density at radius 3 is 2.65 bits per heavy atom. The van der Waals surface area contributed by atoms with Crippen LogP contribution in [0.4, 0.5) is 5.69 Å². The van der Waals surface area contributed by atoms with Gasteiger partial charge < -0.3 is 5.32 Å². The smallest absolute Gasteiger partial charge is 0.0340 e. The number of hydrogen-bond acceptors (Lipinski definition) is 1. The average molecular weight is 269 g/mol. The van der Waals surface area contributed by atoms with E-state index in [0.717, 1.165) is 11.8 Å². The Bertz CT molecular complexity index is 506. The SMILES string of the molecule is CNc1ccc2c(c1)[C@@]13CCCC[C@@H](C2)[C@H]1CCCC3. The lowest BCUT2D eigenvalue weighted by molar-refractivity contribution is 0.105. The topological polar surface area (TPSA) is 12.0 Å². The van der Waals surface area contributed by atoms with Gasteiger partial charge in [-0.1, -0.05) is 31.7 Å². The molecule has 4 rings (SSSR count). The van der Waals surface area contributed by atoms with Gasteiger partial charge in [0, 0.05) is 12.7 Å². The third kappa shape index (κ3) is 1.75. The Hall–Kier alpha value is -0.980. The molecule has 0 aliphatic heterocycles. The van der Waals surface area contributed by atoms with Crippen LogP contribution in [0.1, 0.15) is 62.5 Å². The van der Waals surface area contributed by atoms with E-state index in [1.165, 1.54) is 63.5 Å². The van der Waals surface area contributed by atoms with E-state index in [0.29, 0.717) is 5.41 Å². The minimum absolute atomic E-state index is 0.542. The fraction of sp³-hybridized carbons (Fsp3) is 0.684. The van der Waals surface area contributed by atoms with Gasteiger partial charge in [0.25, 0.3) is 0 Å². The van der Waals surface area contributed by atoms with Gasteiger partial charge in [-0.25, -0.2) is 0 Å². The average Bonchev–Trinajstić information content (AvgIpc) is 2.64. The Morgan fingerprint density at radius 1 is 1.05 bits per heavy atom. The highest BCUT2D eigenvalue weighted by atomic mass is 14.8. The summed E-state index contributed by atoms with van der Waals surface area (Å²) in [6.45, 7) is 0. The fourth-order valence-corrected chi connectivity index (χ4v) is 5.68. The molecular formula is C19H27N. The maximum absolute atomic E-state index is 3.36. The van der Waals surface area contributed by atoms with Crippen molar-refractivity contribution in [1.82, 2.24) is 0 Å². The van der Waals surface area contributed by atoms with Crippen molar-refractivity contribution in [2.75, 3.05) is 12.4 Å². The van der Waals surface area contributed by atoms with E-state index < -0.39 is 0 Å². The highest BCUT2D eigenvalue weighted by molar-refractivity contribution is 5.52. The maximum atomic E-state index is 3.36. The number of benzene rings is 1. The van der Waals surface area contributed by atoms with Crippen LogP contribution < -0.4 is 5.32 Å². The molecule has 0 radical (unpaired) electrons. The van der Waals surface area contributed by atoms with E-state index in [2.05, 4.69) is 30.6 Å². The van der Waals surface area contributed by atoms with Crippen LogP contribution in [-0.2, 0) is 11.8 Å². The number of rotatable bonds is 1. The lowest BCUT2D eigenvalue weighted by Crippen LogP contribution is -2.45. The second-order valence-electron chi connectivity index (χ2n) is 7.34. The Kier molecular flexibility index (Phi) is 3.05. The summed E-state index contributed by atoms with van der Waals surface area (Å²) in [6, 6.07) is 7.20. The fourth-order valence-electron chi connectivity index (χ4n) is 5.68. The number of anilines is 1. The van der Waals surface area contributed by atoms with Gasteiger partial charge in [0.1, 0.15) is 0 Å². The van der Waals surface area contributed by atoms with E-state index in [9.17, 15) is 0 Å². The predicted molar refractivity (Wildman–Crippen MR) is 85.3 cm³/mol. The van der Waals surface area contributed by atoms with Crippen LogP contribution in [0, 0.1) is 11.8 Å². The van der Waals surface area contributed by atoms with Gasteiger partial charge in [-0.05, 0) is 72.6 Å². The molecule has 1 aromatic rings. The van der Waals surface area contributed by atoms with Crippen molar-refractivity contribution in [2.24, 2.45) is 11.8 Å². The number of nitrogens with one attached hydrogen (secondary N) is 1. The second-order valence-corrected chi connectivity index (χ2v) is 7.34. The molecule has 108 valence electrons. The summed E-state index contributed by atoms with van der Waals surface area (Å²) in [5.41, 5.74) is 5.26. The summed E-state index contributed by atoms with van der Waals surface area (Å²) in [5, 5.41) is 3.36. The number of hydrogen-bond donors (Lipinski definition) is 1. The van der Waals surface area contributed by atoms with Crippen molar-refractivity contribution >= 4 is 5.69 Å². The van der Waals surface area contributed by atoms with Crippen molar-refractivity contribution in [1.29, 1.82) is 0 Å². The molecule has 20 heavy (non-hydrogen) atoms. The standard InChI is InChI=1S/C19H27N/c1-20-16-9-8-15-12-14-6-2-4-10-19(18(15)13-16)11-5-3-7-17(14)19/h8-9,13-14,17,20H,2-7,10-12H2,1H3/t14-,17+,19+/m0/s1. The molecule has 0 unspecified atom stereocenters. The van der Waals surface area contributed by atoms with Crippen LogP contribution in [0.5, 0.6) is 0 Å². The first-order valence-electron chi connectivity index (χ1n) is 8.65. The highest BCUT2D eigenvalue weighted by Gasteiger charge is 2.49. The zero-order valence-corrected chi connectivity index (χ0v) is 12.8. The first-order valence-corrected chi connectivity index (χ1v) is 8.65. The van der Waals surface area contributed by atoms with Gasteiger partial charge in [-0.2, -0.15) is 0 Å². The quantitative estimate of drug-likeness (QED) is 0.764. The van der Waals surface area contributed by atoms with E-state index in [4.69, 9.17) is 0 Å². The van der Waals surface area contributed by atoms with Crippen LogP contribution in [0.3, 0.4) is 0 Å². The molecule has 1 N–H and O–H groups in total. The van der Waals surface area contributed by atoms with Crippen LogP contribution in [0.2, 0.25) is 0 Å². The van der Waals surface area contributed by atoms with Gasteiger partial charge in [0.15, 0.2) is 0 Å². The molecule has 2 fully saturated rings. The largest absolute Gasteiger partial charge is 0.388 e. The summed E-state index contributed by atoms with van der Waals surface area (Å²) in [6.07, 6.45) is 13.1. The van der Waals surface area contributed by atoms with Crippen LogP contribution >= 0.6 is 0 Å². The normalized spacial score (nSPS) is 35.6. The molecule has 0 aromatic heterocycles. The lowest BCUT2D eigenvalue weighted by Gasteiger charge is -2.51. The molecule has 3 atom stereocenters. The van der Waals surface area contributed by atoms with Crippen LogP contribution in [0.15, 0.2) is 18.2 Å². The van der Waals surface area contributed by atoms with Crippen LogP contribution in [-0.4, -0.2) is 7.05 Å². The van der Waals surface area contributed by atoms with Crippen molar-refractivity contribution < 1.29 is 0 Å². The third-order valence-electron chi connectivity index (χ3n) is 6.53. The predicted octanol–water partition coefficient (Wildman–Crippen LogP) is 4.90. The summed E-state index contributed by atoms with van der Waals surface area (Å²) in [5.74, 6) is 1.96. The molecule has 0 spiro atoms. The summed E-state index contributed by atoms with van der Waals surface area (Å²) >= 11 is 0. The molecule has 1 heteroatoms. The molecule has 0 saturated heterocycles.